The summed E-state index contributed by atoms with van der Waals surface area (Å²) in [5.74, 6) is -0.869. The molecule has 0 saturated carbocycles. The number of urea groups is 1. The summed E-state index contributed by atoms with van der Waals surface area (Å²) in [6.07, 6.45) is 4.64. The lowest BCUT2D eigenvalue weighted by atomic mass is 10.0. The molecule has 1 heterocycles. The van der Waals surface area contributed by atoms with Crippen molar-refractivity contribution in [1.29, 1.82) is 0 Å². The van der Waals surface area contributed by atoms with E-state index in [0.717, 1.165) is 16.2 Å². The number of pyridine rings is 1. The highest BCUT2D eigenvalue weighted by molar-refractivity contribution is 7.98. The zero-order valence-corrected chi connectivity index (χ0v) is 15.5. The average molecular weight is 373 g/mol. The number of carboxylic acid groups (broad SMARTS) is 1. The van der Waals surface area contributed by atoms with Gasteiger partial charge >= 0.3 is 12.0 Å². The Balaban J connectivity index is 1.90. The predicted molar refractivity (Wildman–Crippen MR) is 102 cm³/mol. The van der Waals surface area contributed by atoms with Crippen molar-refractivity contribution < 1.29 is 14.7 Å². The number of benzene rings is 1. The highest BCUT2D eigenvalue weighted by atomic mass is 32.2. The number of rotatable bonds is 9. The molecule has 7 heteroatoms. The first-order chi connectivity index (χ1) is 12.6. The molecule has 0 bridgehead atoms. The van der Waals surface area contributed by atoms with E-state index < -0.39 is 5.97 Å². The second-order valence-corrected chi connectivity index (χ2v) is 6.68. The number of carbonyl (C=O) groups excluding carboxylic acids is 1. The van der Waals surface area contributed by atoms with Crippen molar-refractivity contribution in [2.75, 3.05) is 6.26 Å². The topological polar surface area (TPSA) is 91.3 Å². The SMILES string of the molecule is CSc1cc(CNC(=O)NC(CCC(=O)O)Cc2ccccc2)ccn1. The van der Waals surface area contributed by atoms with E-state index in [4.69, 9.17) is 5.11 Å². The van der Waals surface area contributed by atoms with Crippen LogP contribution in [0.15, 0.2) is 53.7 Å². The third kappa shape index (κ3) is 7.14. The number of hydrogen-bond acceptors (Lipinski definition) is 4. The van der Waals surface area contributed by atoms with Gasteiger partial charge in [-0.05, 0) is 42.4 Å². The molecule has 0 aliphatic heterocycles. The molecular weight excluding hydrogens is 350 g/mol. The maximum Gasteiger partial charge on any atom is 0.315 e. The van der Waals surface area contributed by atoms with E-state index in [9.17, 15) is 9.59 Å². The summed E-state index contributed by atoms with van der Waals surface area (Å²) in [7, 11) is 0. The Hall–Kier alpha value is -2.54. The third-order valence-electron chi connectivity index (χ3n) is 3.83. The van der Waals surface area contributed by atoms with Gasteiger partial charge < -0.3 is 15.7 Å². The van der Waals surface area contributed by atoms with Crippen molar-refractivity contribution >= 4 is 23.8 Å². The van der Waals surface area contributed by atoms with Gasteiger partial charge in [-0.25, -0.2) is 9.78 Å². The highest BCUT2D eigenvalue weighted by Crippen LogP contribution is 2.12. The Morgan fingerprint density at radius 3 is 2.65 bits per heavy atom. The van der Waals surface area contributed by atoms with Crippen molar-refractivity contribution in [3.63, 3.8) is 0 Å². The molecule has 138 valence electrons. The fraction of sp³-hybridized carbons (Fsp3) is 0.316. The Morgan fingerprint density at radius 2 is 1.96 bits per heavy atom. The van der Waals surface area contributed by atoms with Crippen LogP contribution >= 0.6 is 11.8 Å². The van der Waals surface area contributed by atoms with E-state index in [0.29, 0.717) is 19.4 Å². The Bertz CT molecular complexity index is 725. The van der Waals surface area contributed by atoms with Gasteiger partial charge in [0.15, 0.2) is 0 Å². The van der Waals surface area contributed by atoms with E-state index in [1.54, 1.807) is 18.0 Å². The summed E-state index contributed by atoms with van der Waals surface area (Å²) in [4.78, 5) is 27.3. The average Bonchev–Trinajstić information content (AvgIpc) is 2.65. The van der Waals surface area contributed by atoms with Gasteiger partial charge in [-0.1, -0.05) is 30.3 Å². The van der Waals surface area contributed by atoms with E-state index in [2.05, 4.69) is 15.6 Å². The standard InChI is InChI=1S/C19H23N3O3S/c1-26-17-12-15(9-10-20-17)13-21-19(25)22-16(7-8-18(23)24)11-14-5-3-2-4-6-14/h2-6,9-10,12,16H,7-8,11,13H2,1H3,(H,23,24)(H2,21,22,25). The van der Waals surface area contributed by atoms with E-state index in [-0.39, 0.29) is 18.5 Å². The van der Waals surface area contributed by atoms with Crippen molar-refractivity contribution in [2.45, 2.75) is 36.9 Å². The molecule has 2 rings (SSSR count). The minimum absolute atomic E-state index is 0.0131. The zero-order chi connectivity index (χ0) is 18.8. The zero-order valence-electron chi connectivity index (χ0n) is 14.6. The molecule has 0 saturated heterocycles. The summed E-state index contributed by atoms with van der Waals surface area (Å²) < 4.78 is 0. The van der Waals surface area contributed by atoms with Gasteiger partial charge in [0.05, 0.1) is 5.03 Å². The summed E-state index contributed by atoms with van der Waals surface area (Å²) in [6, 6.07) is 12.9. The molecule has 0 spiro atoms. The molecule has 1 aromatic carbocycles. The van der Waals surface area contributed by atoms with Gasteiger partial charge in [0.2, 0.25) is 0 Å². The highest BCUT2D eigenvalue weighted by Gasteiger charge is 2.14. The summed E-state index contributed by atoms with van der Waals surface area (Å²) >= 11 is 1.54. The normalized spacial score (nSPS) is 11.6. The van der Waals surface area contributed by atoms with Gasteiger partial charge in [0.1, 0.15) is 0 Å². The Morgan fingerprint density at radius 1 is 1.19 bits per heavy atom. The van der Waals surface area contributed by atoms with Gasteiger partial charge in [-0.15, -0.1) is 11.8 Å². The van der Waals surface area contributed by atoms with Crippen molar-refractivity contribution in [1.82, 2.24) is 15.6 Å². The fourth-order valence-electron chi connectivity index (χ4n) is 2.51. The molecule has 3 N–H and O–H groups in total. The van der Waals surface area contributed by atoms with E-state index >= 15 is 0 Å². The van der Waals surface area contributed by atoms with Gasteiger partial charge in [-0.2, -0.15) is 0 Å². The quantitative estimate of drug-likeness (QED) is 0.588. The van der Waals surface area contributed by atoms with E-state index in [1.807, 2.05) is 48.7 Å². The predicted octanol–water partition coefficient (Wildman–Crippen LogP) is 3.08. The Kier molecular flexibility index (Phi) is 7.95. The second-order valence-electron chi connectivity index (χ2n) is 5.85. The first-order valence-electron chi connectivity index (χ1n) is 8.36. The molecular formula is C19H23N3O3S. The monoisotopic (exact) mass is 373 g/mol. The molecule has 1 unspecified atom stereocenters. The van der Waals surface area contributed by atoms with E-state index in [1.165, 1.54) is 0 Å². The molecule has 6 nitrogen and oxygen atoms in total. The maximum absolute atomic E-state index is 12.2. The smallest absolute Gasteiger partial charge is 0.315 e. The number of carboxylic acids is 1. The van der Waals surface area contributed by atoms with Crippen molar-refractivity contribution in [3.8, 4) is 0 Å². The lowest BCUT2D eigenvalue weighted by molar-refractivity contribution is -0.137. The van der Waals surface area contributed by atoms with Gasteiger partial charge in [0, 0.05) is 25.2 Å². The van der Waals surface area contributed by atoms with Crippen LogP contribution in [0.4, 0.5) is 4.79 Å². The molecule has 0 radical (unpaired) electrons. The van der Waals surface area contributed by atoms with Crippen LogP contribution in [0.1, 0.15) is 24.0 Å². The molecule has 2 amide bonds. The summed E-state index contributed by atoms with van der Waals surface area (Å²) in [5, 5.41) is 15.5. The van der Waals surface area contributed by atoms with Gasteiger partial charge in [-0.3, -0.25) is 4.79 Å². The number of nitrogens with zero attached hydrogens (tertiary/aromatic N) is 1. The third-order valence-corrected chi connectivity index (χ3v) is 4.47. The number of carbonyl (C=O) groups is 2. The Labute approximate surface area is 157 Å². The first-order valence-corrected chi connectivity index (χ1v) is 9.58. The molecule has 0 aliphatic rings. The minimum Gasteiger partial charge on any atom is -0.481 e. The van der Waals surface area contributed by atoms with Crippen LogP contribution in [0.3, 0.4) is 0 Å². The number of amides is 2. The fourth-order valence-corrected chi connectivity index (χ4v) is 2.95. The van der Waals surface area contributed by atoms with Crippen LogP contribution in [-0.4, -0.2) is 34.4 Å². The number of hydrogen-bond donors (Lipinski definition) is 3. The molecule has 2 aromatic rings. The summed E-state index contributed by atoms with van der Waals surface area (Å²) in [5.41, 5.74) is 2.02. The number of aromatic nitrogens is 1. The molecule has 26 heavy (non-hydrogen) atoms. The molecule has 0 fully saturated rings. The van der Waals surface area contributed by atoms with Crippen molar-refractivity contribution in [2.24, 2.45) is 0 Å². The lowest BCUT2D eigenvalue weighted by Gasteiger charge is -2.19. The number of nitrogens with one attached hydrogen (secondary N) is 2. The summed E-state index contributed by atoms with van der Waals surface area (Å²) in [6.45, 7) is 0.388. The van der Waals surface area contributed by atoms with Crippen LogP contribution in [0.25, 0.3) is 0 Å². The van der Waals surface area contributed by atoms with Crippen molar-refractivity contribution in [3.05, 3.63) is 59.8 Å². The second kappa shape index (κ2) is 10.5. The number of thioether (sulfide) groups is 1. The first kappa shape index (κ1) is 19.8. The van der Waals surface area contributed by atoms with Crippen LogP contribution in [-0.2, 0) is 17.8 Å². The molecule has 0 aliphatic carbocycles. The van der Waals surface area contributed by atoms with Gasteiger partial charge in [0.25, 0.3) is 0 Å². The van der Waals surface area contributed by atoms with Crippen LogP contribution in [0, 0.1) is 0 Å². The minimum atomic E-state index is -0.869. The van der Waals surface area contributed by atoms with Crippen LogP contribution < -0.4 is 10.6 Å². The largest absolute Gasteiger partial charge is 0.481 e. The maximum atomic E-state index is 12.2. The molecule has 1 atom stereocenters. The van der Waals surface area contributed by atoms with Crippen LogP contribution in [0.2, 0.25) is 0 Å². The lowest BCUT2D eigenvalue weighted by Crippen LogP contribution is -2.43. The van der Waals surface area contributed by atoms with Crippen LogP contribution in [0.5, 0.6) is 0 Å². The number of aliphatic carboxylic acids is 1. The molecule has 1 aromatic heterocycles.